The number of fused-ring (bicyclic) bond motifs is 1. The van der Waals surface area contributed by atoms with E-state index in [0.717, 1.165) is 11.5 Å². The van der Waals surface area contributed by atoms with Crippen molar-refractivity contribution in [2.75, 3.05) is 0 Å². The Hall–Kier alpha value is -1.38. The number of nitrogens with zero attached hydrogens (tertiary/aromatic N) is 3. The first-order chi connectivity index (χ1) is 7.34. The van der Waals surface area contributed by atoms with Crippen molar-refractivity contribution >= 4 is 5.65 Å². The molecule has 0 aliphatic heterocycles. The summed E-state index contributed by atoms with van der Waals surface area (Å²) in [6.07, 6.45) is 7.16. The van der Waals surface area contributed by atoms with E-state index < -0.39 is 0 Å². The standard InChI is InChI=1S/C12H15N3/c1-9-5-4-8-15-12(9)13-11(14-15)10-6-2-3-7-10/h4-5,8,10H,2-3,6-7H2,1H3. The molecule has 0 bridgehead atoms. The van der Waals surface area contributed by atoms with E-state index in [9.17, 15) is 0 Å². The SMILES string of the molecule is Cc1cccn2nc(C3CCCC3)nc12. The van der Waals surface area contributed by atoms with Crippen molar-refractivity contribution in [2.24, 2.45) is 0 Å². The van der Waals surface area contributed by atoms with E-state index in [0.29, 0.717) is 5.92 Å². The highest BCUT2D eigenvalue weighted by Crippen LogP contribution is 2.32. The highest BCUT2D eigenvalue weighted by Gasteiger charge is 2.21. The number of hydrogen-bond acceptors (Lipinski definition) is 2. The average Bonchev–Trinajstić information content (AvgIpc) is 2.86. The normalized spacial score (nSPS) is 17.7. The highest BCUT2D eigenvalue weighted by atomic mass is 15.3. The summed E-state index contributed by atoms with van der Waals surface area (Å²) in [6, 6.07) is 4.11. The van der Waals surface area contributed by atoms with Crippen LogP contribution in [0.1, 0.15) is 43.0 Å². The van der Waals surface area contributed by atoms with E-state index in [1.54, 1.807) is 0 Å². The molecule has 0 radical (unpaired) electrons. The van der Waals surface area contributed by atoms with Gasteiger partial charge in [-0.25, -0.2) is 9.50 Å². The topological polar surface area (TPSA) is 30.2 Å². The Morgan fingerprint density at radius 1 is 1.33 bits per heavy atom. The van der Waals surface area contributed by atoms with Crippen LogP contribution in [0.5, 0.6) is 0 Å². The third-order valence-electron chi connectivity index (χ3n) is 3.29. The maximum atomic E-state index is 4.65. The second kappa shape index (κ2) is 3.33. The van der Waals surface area contributed by atoms with E-state index in [-0.39, 0.29) is 0 Å². The first-order valence-corrected chi connectivity index (χ1v) is 5.66. The van der Waals surface area contributed by atoms with Crippen molar-refractivity contribution in [1.29, 1.82) is 0 Å². The summed E-state index contributed by atoms with van der Waals surface area (Å²) in [5.41, 5.74) is 2.22. The maximum absolute atomic E-state index is 4.65. The third kappa shape index (κ3) is 1.42. The molecule has 1 aliphatic rings. The van der Waals surface area contributed by atoms with Crippen LogP contribution in [0.25, 0.3) is 5.65 Å². The fraction of sp³-hybridized carbons (Fsp3) is 0.500. The van der Waals surface area contributed by atoms with Crippen molar-refractivity contribution in [2.45, 2.75) is 38.5 Å². The van der Waals surface area contributed by atoms with Crippen molar-refractivity contribution < 1.29 is 0 Å². The van der Waals surface area contributed by atoms with Gasteiger partial charge in [-0.05, 0) is 31.4 Å². The molecule has 1 fully saturated rings. The molecule has 3 heteroatoms. The predicted octanol–water partition coefficient (Wildman–Crippen LogP) is 2.70. The van der Waals surface area contributed by atoms with Gasteiger partial charge in [-0.15, -0.1) is 0 Å². The molecule has 0 unspecified atom stereocenters. The monoisotopic (exact) mass is 201 g/mol. The molecule has 15 heavy (non-hydrogen) atoms. The van der Waals surface area contributed by atoms with Crippen LogP contribution in [0.3, 0.4) is 0 Å². The number of aromatic nitrogens is 3. The van der Waals surface area contributed by atoms with Gasteiger partial charge < -0.3 is 0 Å². The van der Waals surface area contributed by atoms with E-state index in [4.69, 9.17) is 0 Å². The lowest BCUT2D eigenvalue weighted by Crippen LogP contribution is -1.95. The second-order valence-electron chi connectivity index (χ2n) is 4.41. The third-order valence-corrected chi connectivity index (χ3v) is 3.29. The summed E-state index contributed by atoms with van der Waals surface area (Å²) >= 11 is 0. The van der Waals surface area contributed by atoms with Gasteiger partial charge in [-0.1, -0.05) is 18.9 Å². The van der Waals surface area contributed by atoms with Crippen LogP contribution >= 0.6 is 0 Å². The molecule has 0 amide bonds. The van der Waals surface area contributed by atoms with E-state index in [1.807, 2.05) is 16.8 Å². The Morgan fingerprint density at radius 2 is 2.13 bits per heavy atom. The molecular formula is C12H15N3. The van der Waals surface area contributed by atoms with Crippen LogP contribution in [-0.4, -0.2) is 14.6 Å². The summed E-state index contributed by atoms with van der Waals surface area (Å²) in [6.45, 7) is 2.09. The van der Waals surface area contributed by atoms with Gasteiger partial charge in [-0.3, -0.25) is 0 Å². The van der Waals surface area contributed by atoms with Crippen LogP contribution in [0, 0.1) is 6.92 Å². The Morgan fingerprint density at radius 3 is 2.87 bits per heavy atom. The minimum Gasteiger partial charge on any atom is -0.221 e. The summed E-state index contributed by atoms with van der Waals surface area (Å²) in [5.74, 6) is 1.64. The molecule has 0 saturated heterocycles. The average molecular weight is 201 g/mol. The zero-order chi connectivity index (χ0) is 10.3. The zero-order valence-electron chi connectivity index (χ0n) is 8.98. The highest BCUT2D eigenvalue weighted by molar-refractivity contribution is 5.46. The Labute approximate surface area is 89.1 Å². The lowest BCUT2D eigenvalue weighted by atomic mass is 10.1. The first-order valence-electron chi connectivity index (χ1n) is 5.66. The van der Waals surface area contributed by atoms with Crippen LogP contribution in [0.15, 0.2) is 18.3 Å². The molecule has 1 saturated carbocycles. The van der Waals surface area contributed by atoms with Crippen molar-refractivity contribution in [3.63, 3.8) is 0 Å². The molecular weight excluding hydrogens is 186 g/mol. The van der Waals surface area contributed by atoms with Crippen molar-refractivity contribution in [1.82, 2.24) is 14.6 Å². The minimum atomic E-state index is 0.601. The van der Waals surface area contributed by atoms with E-state index in [1.165, 1.54) is 31.2 Å². The number of rotatable bonds is 1. The fourth-order valence-electron chi connectivity index (χ4n) is 2.41. The van der Waals surface area contributed by atoms with Gasteiger partial charge in [-0.2, -0.15) is 5.10 Å². The van der Waals surface area contributed by atoms with E-state index >= 15 is 0 Å². The van der Waals surface area contributed by atoms with Crippen LogP contribution in [0.4, 0.5) is 0 Å². The summed E-state index contributed by atoms with van der Waals surface area (Å²) in [7, 11) is 0. The van der Waals surface area contributed by atoms with Crippen LogP contribution in [-0.2, 0) is 0 Å². The lowest BCUT2D eigenvalue weighted by molar-refractivity contribution is 0.666. The second-order valence-corrected chi connectivity index (χ2v) is 4.41. The summed E-state index contributed by atoms with van der Waals surface area (Å²) in [4.78, 5) is 4.65. The molecule has 1 aliphatic carbocycles. The molecule has 2 heterocycles. The molecule has 0 aromatic carbocycles. The fourth-order valence-corrected chi connectivity index (χ4v) is 2.41. The van der Waals surface area contributed by atoms with E-state index in [2.05, 4.69) is 23.1 Å². The van der Waals surface area contributed by atoms with Gasteiger partial charge in [0.15, 0.2) is 11.5 Å². The van der Waals surface area contributed by atoms with Gasteiger partial charge in [0.05, 0.1) is 0 Å². The van der Waals surface area contributed by atoms with Gasteiger partial charge in [0, 0.05) is 12.1 Å². The molecule has 3 nitrogen and oxygen atoms in total. The summed E-state index contributed by atoms with van der Waals surface area (Å²) in [5, 5.41) is 4.56. The quantitative estimate of drug-likeness (QED) is 0.710. The molecule has 3 rings (SSSR count). The Kier molecular flexibility index (Phi) is 1.97. The molecule has 0 spiro atoms. The molecule has 78 valence electrons. The largest absolute Gasteiger partial charge is 0.221 e. The van der Waals surface area contributed by atoms with Crippen molar-refractivity contribution in [3.05, 3.63) is 29.7 Å². The number of aryl methyl sites for hydroxylation is 1. The molecule has 0 atom stereocenters. The Bertz CT molecular complexity index is 481. The molecule has 0 N–H and O–H groups in total. The van der Waals surface area contributed by atoms with Crippen molar-refractivity contribution in [3.8, 4) is 0 Å². The zero-order valence-corrected chi connectivity index (χ0v) is 8.98. The summed E-state index contributed by atoms with van der Waals surface area (Å²) < 4.78 is 1.91. The predicted molar refractivity (Wildman–Crippen MR) is 58.9 cm³/mol. The van der Waals surface area contributed by atoms with Gasteiger partial charge in [0.2, 0.25) is 0 Å². The van der Waals surface area contributed by atoms with Crippen LogP contribution < -0.4 is 0 Å². The van der Waals surface area contributed by atoms with Crippen LogP contribution in [0.2, 0.25) is 0 Å². The van der Waals surface area contributed by atoms with Gasteiger partial charge in [0.25, 0.3) is 0 Å². The van der Waals surface area contributed by atoms with Gasteiger partial charge in [0.1, 0.15) is 0 Å². The lowest BCUT2D eigenvalue weighted by Gasteiger charge is -2.00. The van der Waals surface area contributed by atoms with Gasteiger partial charge >= 0.3 is 0 Å². The molecule has 2 aromatic rings. The number of hydrogen-bond donors (Lipinski definition) is 0. The smallest absolute Gasteiger partial charge is 0.158 e. The number of pyridine rings is 1. The first kappa shape index (κ1) is 8.89. The maximum Gasteiger partial charge on any atom is 0.158 e. The Balaban J connectivity index is 2.09. The molecule has 2 aromatic heterocycles. The minimum absolute atomic E-state index is 0.601.